The first kappa shape index (κ1) is 18.1. The zero-order chi connectivity index (χ0) is 17.7. The molecule has 1 aliphatic carbocycles. The van der Waals surface area contributed by atoms with E-state index in [9.17, 15) is 13.2 Å². The summed E-state index contributed by atoms with van der Waals surface area (Å²) in [7, 11) is -3.53. The highest BCUT2D eigenvalue weighted by Crippen LogP contribution is 2.31. The van der Waals surface area contributed by atoms with Crippen molar-refractivity contribution in [2.75, 3.05) is 6.54 Å². The summed E-state index contributed by atoms with van der Waals surface area (Å²) in [5.74, 6) is 0.0108. The van der Waals surface area contributed by atoms with Crippen LogP contribution in [0.4, 0.5) is 0 Å². The van der Waals surface area contributed by atoms with Crippen LogP contribution in [0.1, 0.15) is 42.9 Å². The van der Waals surface area contributed by atoms with Gasteiger partial charge < -0.3 is 5.32 Å². The maximum absolute atomic E-state index is 13.0. The lowest BCUT2D eigenvalue weighted by Crippen LogP contribution is -2.36. The molecular weight excluding hydrogens is 354 g/mol. The third-order valence-electron chi connectivity index (χ3n) is 4.76. The molecule has 4 nitrogen and oxygen atoms in total. The Labute approximate surface area is 153 Å². The van der Waals surface area contributed by atoms with E-state index in [4.69, 9.17) is 0 Å². The highest BCUT2D eigenvalue weighted by Gasteiger charge is 2.31. The van der Waals surface area contributed by atoms with Crippen LogP contribution in [-0.2, 0) is 14.6 Å². The summed E-state index contributed by atoms with van der Waals surface area (Å²) in [5.41, 5.74) is 0.708. The van der Waals surface area contributed by atoms with E-state index in [2.05, 4.69) is 5.32 Å². The van der Waals surface area contributed by atoms with E-state index in [1.807, 2.05) is 30.3 Å². The van der Waals surface area contributed by atoms with Crippen LogP contribution in [0.2, 0.25) is 0 Å². The summed E-state index contributed by atoms with van der Waals surface area (Å²) < 4.78 is 26.4. The predicted octanol–water partition coefficient (Wildman–Crippen LogP) is 3.96. The van der Waals surface area contributed by atoms with Crippen molar-refractivity contribution in [1.82, 2.24) is 5.32 Å². The predicted molar refractivity (Wildman–Crippen MR) is 100 cm³/mol. The third kappa shape index (κ3) is 4.30. The molecule has 1 fully saturated rings. The van der Waals surface area contributed by atoms with Gasteiger partial charge in [-0.1, -0.05) is 55.7 Å². The van der Waals surface area contributed by atoms with E-state index in [0.717, 1.165) is 25.7 Å². The smallest absolute Gasteiger partial charge is 0.223 e. The zero-order valence-electron chi connectivity index (χ0n) is 14.1. The molecule has 1 aromatic heterocycles. The first-order chi connectivity index (χ1) is 12.1. The maximum atomic E-state index is 13.0. The normalized spacial score (nSPS) is 17.1. The Bertz CT molecular complexity index is 779. The average Bonchev–Trinajstić information content (AvgIpc) is 3.19. The number of hydrogen-bond donors (Lipinski definition) is 1. The second-order valence-corrected chi connectivity index (χ2v) is 9.76. The maximum Gasteiger partial charge on any atom is 0.223 e. The molecule has 1 saturated carbocycles. The molecule has 3 rings (SSSR count). The van der Waals surface area contributed by atoms with E-state index in [-0.39, 0.29) is 18.4 Å². The first-order valence-corrected chi connectivity index (χ1v) is 11.1. The Morgan fingerprint density at radius 2 is 1.80 bits per heavy atom. The standard InChI is InChI=1S/C19H23NO3S2/c21-19(16-10-5-2-6-11-16)20-14-17(15-8-3-1-4-9-15)25(22,23)18-12-7-13-24-18/h1,3-4,7-9,12-13,16-17H,2,5-6,10-11,14H2,(H,20,21)/t17-/m0/s1. The van der Waals surface area contributed by atoms with Crippen molar-refractivity contribution in [1.29, 1.82) is 0 Å². The topological polar surface area (TPSA) is 63.2 Å². The van der Waals surface area contributed by atoms with Gasteiger partial charge in [0.1, 0.15) is 9.46 Å². The molecule has 0 aliphatic heterocycles. The molecule has 134 valence electrons. The molecule has 1 aromatic carbocycles. The summed E-state index contributed by atoms with van der Waals surface area (Å²) in [4.78, 5) is 12.4. The van der Waals surface area contributed by atoms with Crippen LogP contribution in [0.15, 0.2) is 52.1 Å². The number of benzene rings is 1. The van der Waals surface area contributed by atoms with Gasteiger partial charge in [0.2, 0.25) is 5.91 Å². The Hall–Kier alpha value is -1.66. The van der Waals surface area contributed by atoms with Crippen LogP contribution >= 0.6 is 11.3 Å². The number of thiophene rings is 1. The Kier molecular flexibility index (Phi) is 5.91. The van der Waals surface area contributed by atoms with E-state index >= 15 is 0 Å². The van der Waals surface area contributed by atoms with Crippen LogP contribution in [-0.4, -0.2) is 20.9 Å². The Balaban J connectivity index is 1.79. The van der Waals surface area contributed by atoms with Crippen molar-refractivity contribution in [2.45, 2.75) is 41.6 Å². The number of rotatable bonds is 6. The number of carbonyl (C=O) groups excluding carboxylic acids is 1. The fourth-order valence-electron chi connectivity index (χ4n) is 3.34. The van der Waals surface area contributed by atoms with Gasteiger partial charge in [0.15, 0.2) is 9.84 Å². The number of sulfone groups is 1. The van der Waals surface area contributed by atoms with Gasteiger partial charge in [-0.2, -0.15) is 0 Å². The fourth-order valence-corrected chi connectivity index (χ4v) is 6.21. The lowest BCUT2D eigenvalue weighted by Gasteiger charge is -2.23. The van der Waals surface area contributed by atoms with Gasteiger partial charge in [0, 0.05) is 12.5 Å². The fraction of sp³-hybridized carbons (Fsp3) is 0.421. The van der Waals surface area contributed by atoms with Gasteiger partial charge in [-0.3, -0.25) is 4.79 Å². The van der Waals surface area contributed by atoms with Crippen LogP contribution in [0, 0.1) is 5.92 Å². The average molecular weight is 378 g/mol. The minimum atomic E-state index is -3.53. The van der Waals surface area contributed by atoms with Gasteiger partial charge in [-0.05, 0) is 29.9 Å². The first-order valence-electron chi connectivity index (χ1n) is 8.69. The second kappa shape index (κ2) is 8.15. The summed E-state index contributed by atoms with van der Waals surface area (Å²) in [6, 6.07) is 12.5. The summed E-state index contributed by atoms with van der Waals surface area (Å²) >= 11 is 1.21. The van der Waals surface area contributed by atoms with Crippen molar-refractivity contribution in [3.63, 3.8) is 0 Å². The van der Waals surface area contributed by atoms with Gasteiger partial charge >= 0.3 is 0 Å². The van der Waals surface area contributed by atoms with Gasteiger partial charge in [-0.15, -0.1) is 11.3 Å². The third-order valence-corrected chi connectivity index (χ3v) is 8.29. The molecule has 1 heterocycles. The molecule has 2 aromatic rings. The number of carbonyl (C=O) groups is 1. The van der Waals surface area contributed by atoms with E-state index in [1.54, 1.807) is 17.5 Å². The lowest BCUT2D eigenvalue weighted by atomic mass is 9.88. The highest BCUT2D eigenvalue weighted by atomic mass is 32.2. The van der Waals surface area contributed by atoms with Crippen molar-refractivity contribution >= 4 is 27.1 Å². The Morgan fingerprint density at radius 1 is 1.08 bits per heavy atom. The van der Waals surface area contributed by atoms with Gasteiger partial charge in [-0.25, -0.2) is 8.42 Å². The monoisotopic (exact) mass is 377 g/mol. The molecule has 6 heteroatoms. The Morgan fingerprint density at radius 3 is 2.44 bits per heavy atom. The van der Waals surface area contributed by atoms with Crippen LogP contribution in [0.25, 0.3) is 0 Å². The van der Waals surface area contributed by atoms with Gasteiger partial charge in [0.25, 0.3) is 0 Å². The van der Waals surface area contributed by atoms with Crippen molar-refractivity contribution in [3.05, 3.63) is 53.4 Å². The number of nitrogens with one attached hydrogen (secondary N) is 1. The molecule has 0 bridgehead atoms. The van der Waals surface area contributed by atoms with Crippen LogP contribution < -0.4 is 5.32 Å². The van der Waals surface area contributed by atoms with E-state index in [0.29, 0.717) is 9.77 Å². The second-order valence-electron chi connectivity index (χ2n) is 6.46. The summed E-state index contributed by atoms with van der Waals surface area (Å²) in [6.45, 7) is 0.111. The van der Waals surface area contributed by atoms with Crippen molar-refractivity contribution in [3.8, 4) is 0 Å². The van der Waals surface area contributed by atoms with Crippen LogP contribution in [0.3, 0.4) is 0 Å². The van der Waals surface area contributed by atoms with E-state index in [1.165, 1.54) is 17.8 Å². The largest absolute Gasteiger partial charge is 0.354 e. The molecule has 1 N–H and O–H groups in total. The molecule has 25 heavy (non-hydrogen) atoms. The molecule has 0 unspecified atom stereocenters. The molecule has 0 spiro atoms. The lowest BCUT2D eigenvalue weighted by molar-refractivity contribution is -0.125. The quantitative estimate of drug-likeness (QED) is 0.829. The minimum Gasteiger partial charge on any atom is -0.354 e. The highest BCUT2D eigenvalue weighted by molar-refractivity contribution is 7.93. The van der Waals surface area contributed by atoms with Crippen LogP contribution in [0.5, 0.6) is 0 Å². The SMILES string of the molecule is O=C(NC[C@@H](c1ccccc1)S(=O)(=O)c1cccs1)C1CCCCC1. The summed E-state index contributed by atoms with van der Waals surface area (Å²) in [5, 5.41) is 3.90. The minimum absolute atomic E-state index is 0.0120. The molecule has 1 atom stereocenters. The van der Waals surface area contributed by atoms with Crippen molar-refractivity contribution < 1.29 is 13.2 Å². The summed E-state index contributed by atoms with van der Waals surface area (Å²) in [6.07, 6.45) is 5.14. The molecule has 0 saturated heterocycles. The van der Waals surface area contributed by atoms with Gasteiger partial charge in [0.05, 0.1) is 0 Å². The molecule has 1 amide bonds. The van der Waals surface area contributed by atoms with Crippen molar-refractivity contribution in [2.24, 2.45) is 5.92 Å². The number of hydrogen-bond acceptors (Lipinski definition) is 4. The van der Waals surface area contributed by atoms with E-state index < -0.39 is 15.1 Å². The number of amides is 1. The zero-order valence-corrected chi connectivity index (χ0v) is 15.7. The molecular formula is C19H23NO3S2. The molecule has 0 radical (unpaired) electrons. The molecule has 1 aliphatic rings.